The van der Waals surface area contributed by atoms with Crippen LogP contribution in [0.3, 0.4) is 0 Å². The van der Waals surface area contributed by atoms with Crippen LogP contribution in [0.5, 0.6) is 0 Å². The Morgan fingerprint density at radius 3 is 2.60 bits per heavy atom. The van der Waals surface area contributed by atoms with Gasteiger partial charge in [-0.05, 0) is 43.7 Å². The Morgan fingerprint density at radius 1 is 1.20 bits per heavy atom. The fourth-order valence-corrected chi connectivity index (χ4v) is 3.00. The zero-order valence-electron chi connectivity index (χ0n) is 11.4. The predicted octanol–water partition coefficient (Wildman–Crippen LogP) is 4.44. The maximum absolute atomic E-state index is 12.3. The summed E-state index contributed by atoms with van der Waals surface area (Å²) in [5.41, 5.74) is 0.557. The van der Waals surface area contributed by atoms with Crippen molar-refractivity contribution in [2.45, 2.75) is 38.1 Å². The molecule has 2 aliphatic rings. The van der Waals surface area contributed by atoms with Gasteiger partial charge in [-0.25, -0.2) is 0 Å². The van der Waals surface area contributed by atoms with E-state index in [4.69, 9.17) is 23.2 Å². The molecule has 0 heterocycles. The van der Waals surface area contributed by atoms with E-state index in [1.807, 2.05) is 0 Å². The van der Waals surface area contributed by atoms with E-state index in [-0.39, 0.29) is 5.78 Å². The molecular formula is C16H19Cl2NO. The van der Waals surface area contributed by atoms with Gasteiger partial charge in [-0.3, -0.25) is 9.69 Å². The van der Waals surface area contributed by atoms with E-state index in [2.05, 4.69) is 4.90 Å². The van der Waals surface area contributed by atoms with Crippen molar-refractivity contribution in [1.82, 2.24) is 4.90 Å². The molecule has 0 aliphatic heterocycles. The minimum Gasteiger partial charge on any atom is -0.300 e. The molecule has 0 unspecified atom stereocenters. The van der Waals surface area contributed by atoms with Gasteiger partial charge in [-0.15, -0.1) is 0 Å². The minimum atomic E-state index is 0.0962. The van der Waals surface area contributed by atoms with Crippen LogP contribution >= 0.6 is 23.2 Å². The highest BCUT2D eigenvalue weighted by atomic mass is 35.5. The quantitative estimate of drug-likeness (QED) is 0.694. The Hall–Kier alpha value is -0.570. The molecule has 2 fully saturated rings. The number of Topliss-reactive ketones (excluding diaryl/α,β-unsaturated/α-hetero) is 1. The Balaban J connectivity index is 1.58. The Labute approximate surface area is 130 Å². The Kier molecular flexibility index (Phi) is 4.34. The Morgan fingerprint density at radius 2 is 1.95 bits per heavy atom. The van der Waals surface area contributed by atoms with Crippen LogP contribution in [-0.4, -0.2) is 29.8 Å². The summed E-state index contributed by atoms with van der Waals surface area (Å²) in [6, 6.07) is 5.98. The number of rotatable bonds is 7. The molecule has 108 valence electrons. The van der Waals surface area contributed by atoms with Crippen molar-refractivity contribution in [3.63, 3.8) is 0 Å². The third-order valence-corrected chi connectivity index (χ3v) is 4.95. The van der Waals surface area contributed by atoms with Gasteiger partial charge in [0.25, 0.3) is 0 Å². The smallest absolute Gasteiger partial charge is 0.165 e. The molecule has 3 rings (SSSR count). The minimum absolute atomic E-state index is 0.0962. The van der Waals surface area contributed by atoms with Crippen molar-refractivity contribution in [2.24, 2.45) is 5.92 Å². The summed E-state index contributed by atoms with van der Waals surface area (Å²) in [5.74, 6) is 0.972. The molecule has 1 aromatic rings. The van der Waals surface area contributed by atoms with Crippen molar-refractivity contribution in [3.8, 4) is 0 Å². The number of benzene rings is 1. The number of hydrogen-bond donors (Lipinski definition) is 0. The molecule has 2 aliphatic carbocycles. The van der Waals surface area contributed by atoms with Crippen LogP contribution in [0, 0.1) is 5.92 Å². The van der Waals surface area contributed by atoms with Crippen LogP contribution in [0.25, 0.3) is 0 Å². The average molecular weight is 312 g/mol. The van der Waals surface area contributed by atoms with Gasteiger partial charge in [0, 0.05) is 31.1 Å². The lowest BCUT2D eigenvalue weighted by Crippen LogP contribution is -2.30. The van der Waals surface area contributed by atoms with Crippen molar-refractivity contribution in [2.75, 3.05) is 13.1 Å². The molecule has 2 saturated carbocycles. The maximum Gasteiger partial charge on any atom is 0.165 e. The van der Waals surface area contributed by atoms with Crippen molar-refractivity contribution < 1.29 is 4.79 Å². The van der Waals surface area contributed by atoms with Crippen LogP contribution in [0.15, 0.2) is 18.2 Å². The van der Waals surface area contributed by atoms with Crippen molar-refractivity contribution >= 4 is 29.0 Å². The van der Waals surface area contributed by atoms with E-state index in [0.717, 1.165) is 18.5 Å². The number of ketones is 1. The zero-order valence-corrected chi connectivity index (χ0v) is 13.0. The molecule has 0 aromatic heterocycles. The summed E-state index contributed by atoms with van der Waals surface area (Å²) in [6.45, 7) is 2.02. The van der Waals surface area contributed by atoms with E-state index in [1.165, 1.54) is 32.2 Å². The molecule has 0 atom stereocenters. The average Bonchev–Trinajstić information content (AvgIpc) is 3.29. The second kappa shape index (κ2) is 6.05. The topological polar surface area (TPSA) is 20.3 Å². The first kappa shape index (κ1) is 14.4. The molecule has 0 saturated heterocycles. The van der Waals surface area contributed by atoms with E-state index in [0.29, 0.717) is 22.0 Å². The monoisotopic (exact) mass is 311 g/mol. The summed E-state index contributed by atoms with van der Waals surface area (Å²) in [4.78, 5) is 14.8. The molecule has 0 amide bonds. The van der Waals surface area contributed by atoms with E-state index in [1.54, 1.807) is 18.2 Å². The molecule has 0 N–H and O–H groups in total. The second-order valence-corrected chi connectivity index (χ2v) is 6.73. The highest BCUT2D eigenvalue weighted by molar-refractivity contribution is 6.43. The van der Waals surface area contributed by atoms with Crippen LogP contribution in [0.2, 0.25) is 10.0 Å². The van der Waals surface area contributed by atoms with Crippen LogP contribution in [-0.2, 0) is 0 Å². The Bertz CT molecular complexity index is 509. The van der Waals surface area contributed by atoms with Crippen LogP contribution < -0.4 is 0 Å². The molecule has 4 heteroatoms. The lowest BCUT2D eigenvalue weighted by molar-refractivity contribution is 0.0961. The van der Waals surface area contributed by atoms with Gasteiger partial charge in [0.15, 0.2) is 5.78 Å². The van der Waals surface area contributed by atoms with E-state index in [9.17, 15) is 4.79 Å². The summed E-state index contributed by atoms with van der Waals surface area (Å²) in [7, 11) is 0. The SMILES string of the molecule is O=C(CCN(CC1CC1)C1CC1)c1cccc(Cl)c1Cl. The number of hydrogen-bond acceptors (Lipinski definition) is 2. The highest BCUT2D eigenvalue weighted by Crippen LogP contribution is 2.35. The molecule has 1 aromatic carbocycles. The summed E-state index contributed by atoms with van der Waals surface area (Å²) in [6.07, 6.45) is 5.83. The fourth-order valence-electron chi connectivity index (χ4n) is 2.59. The normalized spacial score (nSPS) is 18.6. The summed E-state index contributed by atoms with van der Waals surface area (Å²) >= 11 is 12.1. The molecule has 0 radical (unpaired) electrons. The molecular weight excluding hydrogens is 293 g/mol. The van der Waals surface area contributed by atoms with Gasteiger partial charge >= 0.3 is 0 Å². The molecule has 20 heavy (non-hydrogen) atoms. The summed E-state index contributed by atoms with van der Waals surface area (Å²) < 4.78 is 0. The van der Waals surface area contributed by atoms with Crippen molar-refractivity contribution in [1.29, 1.82) is 0 Å². The lowest BCUT2D eigenvalue weighted by Gasteiger charge is -2.21. The van der Waals surface area contributed by atoms with Gasteiger partial charge in [0.1, 0.15) is 0 Å². The van der Waals surface area contributed by atoms with Gasteiger partial charge in [0.2, 0.25) is 0 Å². The number of nitrogens with zero attached hydrogens (tertiary/aromatic N) is 1. The predicted molar refractivity (Wildman–Crippen MR) is 82.7 cm³/mol. The molecule has 2 nitrogen and oxygen atoms in total. The number of carbonyl (C=O) groups excluding carboxylic acids is 1. The standard InChI is InChI=1S/C16H19Cl2NO/c17-14-3-1-2-13(16(14)18)15(20)8-9-19(12-6-7-12)10-11-4-5-11/h1-3,11-12H,4-10H2. The van der Waals surface area contributed by atoms with Crippen LogP contribution in [0.1, 0.15) is 42.5 Å². The number of halogens is 2. The molecule has 0 bridgehead atoms. The third-order valence-electron chi connectivity index (χ3n) is 4.13. The zero-order chi connectivity index (χ0) is 14.1. The lowest BCUT2D eigenvalue weighted by atomic mass is 10.1. The fraction of sp³-hybridized carbons (Fsp3) is 0.562. The first-order valence-corrected chi connectivity index (χ1v) is 8.12. The second-order valence-electron chi connectivity index (χ2n) is 5.94. The number of carbonyl (C=O) groups is 1. The molecule has 0 spiro atoms. The van der Waals surface area contributed by atoms with Crippen molar-refractivity contribution in [3.05, 3.63) is 33.8 Å². The van der Waals surface area contributed by atoms with Gasteiger partial charge in [0.05, 0.1) is 10.0 Å². The maximum atomic E-state index is 12.3. The van der Waals surface area contributed by atoms with Crippen LogP contribution in [0.4, 0.5) is 0 Å². The van der Waals surface area contributed by atoms with Gasteiger partial charge in [-0.2, -0.15) is 0 Å². The van der Waals surface area contributed by atoms with Gasteiger partial charge < -0.3 is 0 Å². The largest absolute Gasteiger partial charge is 0.300 e. The first-order chi connectivity index (χ1) is 9.65. The van der Waals surface area contributed by atoms with Gasteiger partial charge in [-0.1, -0.05) is 29.3 Å². The van der Waals surface area contributed by atoms with E-state index < -0.39 is 0 Å². The third kappa shape index (κ3) is 3.55. The summed E-state index contributed by atoms with van der Waals surface area (Å²) in [5, 5.41) is 0.842. The first-order valence-electron chi connectivity index (χ1n) is 7.36. The highest BCUT2D eigenvalue weighted by Gasteiger charge is 2.33. The van der Waals surface area contributed by atoms with E-state index >= 15 is 0 Å².